The maximum atomic E-state index is 12.7. The van der Waals surface area contributed by atoms with Crippen LogP contribution < -0.4 is 10.1 Å². The monoisotopic (exact) mass is 356 g/mol. The lowest BCUT2D eigenvalue weighted by Gasteiger charge is -2.12. The van der Waals surface area contributed by atoms with Gasteiger partial charge in [0.05, 0.1) is 6.10 Å². The van der Waals surface area contributed by atoms with E-state index in [4.69, 9.17) is 4.74 Å². The molecule has 0 heterocycles. The first-order valence-electron chi connectivity index (χ1n) is 8.75. The van der Waals surface area contributed by atoms with Gasteiger partial charge in [-0.1, -0.05) is 54.6 Å². The number of benzene rings is 3. The van der Waals surface area contributed by atoms with Gasteiger partial charge in [-0.05, 0) is 37.4 Å². The molecule has 1 N–H and O–H groups in total. The lowest BCUT2D eigenvalue weighted by Crippen LogP contribution is -2.14. The molecule has 0 saturated carbocycles. The Bertz CT molecular complexity index is 1040. The minimum absolute atomic E-state index is 0.00500. The Balaban J connectivity index is 1.91. The van der Waals surface area contributed by atoms with Crippen molar-refractivity contribution in [2.75, 3.05) is 5.32 Å². The van der Waals surface area contributed by atoms with Gasteiger partial charge < -0.3 is 10.1 Å². The molecule has 0 bridgehead atoms. The fraction of sp³-hybridized carbons (Fsp3) is 0.130. The number of hydrogen-bond donors (Lipinski definition) is 1. The van der Waals surface area contributed by atoms with Crippen molar-refractivity contribution in [3.63, 3.8) is 0 Å². The van der Waals surface area contributed by atoms with Gasteiger partial charge in [0.15, 0.2) is 0 Å². The Kier molecular flexibility index (Phi) is 5.53. The number of carbonyl (C=O) groups is 1. The van der Waals surface area contributed by atoms with Crippen molar-refractivity contribution >= 4 is 28.4 Å². The summed E-state index contributed by atoms with van der Waals surface area (Å²) in [4.78, 5) is 12.7. The van der Waals surface area contributed by atoms with E-state index in [1.807, 2.05) is 86.6 Å². The van der Waals surface area contributed by atoms with E-state index in [2.05, 4.69) is 5.32 Å². The molecule has 1 amide bonds. The Morgan fingerprint density at radius 1 is 1.04 bits per heavy atom. The van der Waals surface area contributed by atoms with Gasteiger partial charge in [-0.25, -0.2) is 0 Å². The van der Waals surface area contributed by atoms with Crippen LogP contribution in [0.3, 0.4) is 0 Å². The van der Waals surface area contributed by atoms with Gasteiger partial charge in [-0.2, -0.15) is 5.26 Å². The molecule has 134 valence electrons. The van der Waals surface area contributed by atoms with Crippen LogP contribution in [0.25, 0.3) is 16.8 Å². The molecule has 0 aliphatic heterocycles. The van der Waals surface area contributed by atoms with E-state index in [0.29, 0.717) is 17.0 Å². The molecule has 0 atom stereocenters. The van der Waals surface area contributed by atoms with Gasteiger partial charge in [0.2, 0.25) is 0 Å². The Labute approximate surface area is 158 Å². The highest BCUT2D eigenvalue weighted by Gasteiger charge is 2.13. The summed E-state index contributed by atoms with van der Waals surface area (Å²) in [7, 11) is 0. The van der Waals surface area contributed by atoms with Gasteiger partial charge in [-0.3, -0.25) is 4.79 Å². The van der Waals surface area contributed by atoms with Crippen LogP contribution in [0.15, 0.2) is 72.3 Å². The van der Waals surface area contributed by atoms with E-state index in [9.17, 15) is 10.1 Å². The first-order chi connectivity index (χ1) is 13.1. The third kappa shape index (κ3) is 4.34. The fourth-order valence-electron chi connectivity index (χ4n) is 2.79. The van der Waals surface area contributed by atoms with E-state index in [1.165, 1.54) is 0 Å². The summed E-state index contributed by atoms with van der Waals surface area (Å²) in [5, 5.41) is 14.3. The highest BCUT2D eigenvalue weighted by atomic mass is 16.5. The standard InChI is InChI=1S/C23H20N2O2/c1-16(2)27-22-13-6-4-9-18(22)14-19(15-24)23(26)25-21-12-7-10-17-8-3-5-11-20(17)21/h3-14,16H,1-2H3,(H,25,26)/b19-14+. The number of amides is 1. The van der Waals surface area contributed by atoms with E-state index >= 15 is 0 Å². The average Bonchev–Trinajstić information content (AvgIpc) is 2.67. The molecule has 0 aromatic heterocycles. The number of nitrogens with zero attached hydrogens (tertiary/aromatic N) is 1. The molecule has 3 aromatic carbocycles. The normalized spacial score (nSPS) is 11.3. The number of ether oxygens (including phenoxy) is 1. The second kappa shape index (κ2) is 8.20. The molecule has 3 aromatic rings. The van der Waals surface area contributed by atoms with Crippen LogP contribution in [0.5, 0.6) is 5.75 Å². The lowest BCUT2D eigenvalue weighted by molar-refractivity contribution is -0.112. The number of nitrogens with one attached hydrogen (secondary N) is 1. The predicted octanol–water partition coefficient (Wildman–Crippen LogP) is 5.17. The van der Waals surface area contributed by atoms with Crippen molar-refractivity contribution in [3.05, 3.63) is 77.9 Å². The highest BCUT2D eigenvalue weighted by Crippen LogP contribution is 2.25. The molecule has 27 heavy (non-hydrogen) atoms. The van der Waals surface area contributed by atoms with Crippen molar-refractivity contribution in [3.8, 4) is 11.8 Å². The molecular weight excluding hydrogens is 336 g/mol. The van der Waals surface area contributed by atoms with E-state index in [0.717, 1.165) is 10.8 Å². The van der Waals surface area contributed by atoms with Gasteiger partial charge in [0, 0.05) is 16.6 Å². The third-order valence-corrected chi connectivity index (χ3v) is 3.98. The van der Waals surface area contributed by atoms with Crippen LogP contribution in [0, 0.1) is 11.3 Å². The van der Waals surface area contributed by atoms with Crippen molar-refractivity contribution < 1.29 is 9.53 Å². The predicted molar refractivity (Wildman–Crippen MR) is 108 cm³/mol. The molecule has 0 saturated heterocycles. The van der Waals surface area contributed by atoms with E-state index < -0.39 is 5.91 Å². The maximum Gasteiger partial charge on any atom is 0.266 e. The largest absolute Gasteiger partial charge is 0.490 e. The van der Waals surface area contributed by atoms with Gasteiger partial charge in [0.25, 0.3) is 5.91 Å². The molecule has 0 radical (unpaired) electrons. The number of anilines is 1. The van der Waals surface area contributed by atoms with Gasteiger partial charge >= 0.3 is 0 Å². The Morgan fingerprint density at radius 2 is 1.74 bits per heavy atom. The van der Waals surface area contributed by atoms with Crippen LogP contribution in [-0.4, -0.2) is 12.0 Å². The summed E-state index contributed by atoms with van der Waals surface area (Å²) in [5.74, 6) is 0.186. The molecule has 0 spiro atoms. The zero-order valence-electron chi connectivity index (χ0n) is 15.3. The molecule has 0 fully saturated rings. The summed E-state index contributed by atoms with van der Waals surface area (Å²) in [6.45, 7) is 3.86. The minimum Gasteiger partial charge on any atom is -0.490 e. The average molecular weight is 356 g/mol. The molecule has 3 rings (SSSR count). The van der Waals surface area contributed by atoms with Crippen molar-refractivity contribution in [2.24, 2.45) is 0 Å². The van der Waals surface area contributed by atoms with Gasteiger partial charge in [-0.15, -0.1) is 0 Å². The SMILES string of the molecule is CC(C)Oc1ccccc1/C=C(\C#N)C(=O)Nc1cccc2ccccc12. The van der Waals surface area contributed by atoms with Crippen LogP contribution in [0.1, 0.15) is 19.4 Å². The summed E-state index contributed by atoms with van der Waals surface area (Å²) < 4.78 is 5.76. The quantitative estimate of drug-likeness (QED) is 0.506. The summed E-state index contributed by atoms with van der Waals surface area (Å²) in [5.41, 5.74) is 1.38. The molecule has 0 unspecified atom stereocenters. The molecule has 4 nitrogen and oxygen atoms in total. The minimum atomic E-state index is -0.451. The first kappa shape index (κ1) is 18.2. The summed E-state index contributed by atoms with van der Waals surface area (Å²) in [6, 6.07) is 22.8. The van der Waals surface area contributed by atoms with Crippen molar-refractivity contribution in [1.82, 2.24) is 0 Å². The summed E-state index contributed by atoms with van der Waals surface area (Å²) in [6.07, 6.45) is 1.55. The van der Waals surface area contributed by atoms with Gasteiger partial charge in [0.1, 0.15) is 17.4 Å². The molecule has 4 heteroatoms. The van der Waals surface area contributed by atoms with E-state index in [-0.39, 0.29) is 11.7 Å². The smallest absolute Gasteiger partial charge is 0.266 e. The van der Waals surface area contributed by atoms with Crippen molar-refractivity contribution in [1.29, 1.82) is 5.26 Å². The number of nitriles is 1. The number of hydrogen-bond acceptors (Lipinski definition) is 3. The molecule has 0 aliphatic carbocycles. The summed E-state index contributed by atoms with van der Waals surface area (Å²) >= 11 is 0. The number of fused-ring (bicyclic) bond motifs is 1. The van der Waals surface area contributed by atoms with Crippen LogP contribution >= 0.6 is 0 Å². The zero-order valence-corrected chi connectivity index (χ0v) is 15.3. The Hall–Kier alpha value is -3.58. The lowest BCUT2D eigenvalue weighted by atomic mass is 10.1. The second-order valence-electron chi connectivity index (χ2n) is 6.36. The second-order valence-corrected chi connectivity index (χ2v) is 6.36. The number of carbonyl (C=O) groups excluding carboxylic acids is 1. The van der Waals surface area contributed by atoms with Crippen LogP contribution in [0.4, 0.5) is 5.69 Å². The van der Waals surface area contributed by atoms with Crippen LogP contribution in [0.2, 0.25) is 0 Å². The van der Waals surface area contributed by atoms with Crippen molar-refractivity contribution in [2.45, 2.75) is 20.0 Å². The third-order valence-electron chi connectivity index (χ3n) is 3.98. The zero-order chi connectivity index (χ0) is 19.2. The maximum absolute atomic E-state index is 12.7. The molecular formula is C23H20N2O2. The van der Waals surface area contributed by atoms with Crippen LogP contribution in [-0.2, 0) is 4.79 Å². The Morgan fingerprint density at radius 3 is 2.52 bits per heavy atom. The highest BCUT2D eigenvalue weighted by molar-refractivity contribution is 6.13. The fourth-order valence-corrected chi connectivity index (χ4v) is 2.79. The first-order valence-corrected chi connectivity index (χ1v) is 8.75. The molecule has 0 aliphatic rings. The van der Waals surface area contributed by atoms with E-state index in [1.54, 1.807) is 6.08 Å². The topological polar surface area (TPSA) is 62.1 Å². The number of para-hydroxylation sites is 1. The number of rotatable bonds is 5.